The van der Waals surface area contributed by atoms with E-state index >= 15 is 0 Å². The molecule has 1 atom stereocenters. The fourth-order valence-corrected chi connectivity index (χ4v) is 4.07. The van der Waals surface area contributed by atoms with Gasteiger partial charge in [0.15, 0.2) is 11.6 Å². The van der Waals surface area contributed by atoms with Crippen LogP contribution in [0.2, 0.25) is 0 Å². The number of piperidine rings is 1. The summed E-state index contributed by atoms with van der Waals surface area (Å²) in [6.45, 7) is 1.00. The van der Waals surface area contributed by atoms with Crippen molar-refractivity contribution in [1.82, 2.24) is 14.7 Å². The van der Waals surface area contributed by atoms with Gasteiger partial charge in [0.05, 0.1) is 24.6 Å². The van der Waals surface area contributed by atoms with Crippen molar-refractivity contribution in [3.8, 4) is 34.2 Å². The minimum atomic E-state index is -0.692. The molecule has 4 rings (SSSR count). The maximum Gasteiger partial charge on any atom is 0.244 e. The first-order valence-corrected chi connectivity index (χ1v) is 10.5. The number of nitrogens with two attached hydrogens (primary N) is 1. The third kappa shape index (κ3) is 4.56. The van der Waals surface area contributed by atoms with E-state index < -0.39 is 11.6 Å². The molecule has 1 aliphatic heterocycles. The molecule has 0 unspecified atom stereocenters. The Morgan fingerprint density at radius 2 is 2.00 bits per heavy atom. The van der Waals surface area contributed by atoms with E-state index in [-0.39, 0.29) is 29.8 Å². The lowest BCUT2D eigenvalue weighted by atomic mass is 10.00. The third-order valence-corrected chi connectivity index (χ3v) is 5.76. The van der Waals surface area contributed by atoms with Gasteiger partial charge in [-0.3, -0.25) is 9.48 Å². The molecule has 2 N–H and O–H groups in total. The number of aromatic nitrogens is 2. The first-order chi connectivity index (χ1) is 15.9. The molecule has 2 heterocycles. The minimum Gasteiger partial charge on any atom is -0.494 e. The van der Waals surface area contributed by atoms with Crippen LogP contribution in [0.1, 0.15) is 18.4 Å². The van der Waals surface area contributed by atoms with Gasteiger partial charge in [-0.05, 0) is 42.7 Å². The summed E-state index contributed by atoms with van der Waals surface area (Å²) in [6.07, 6.45) is 3.21. The average Bonchev–Trinajstić information content (AvgIpc) is 3.22. The summed E-state index contributed by atoms with van der Waals surface area (Å²) >= 11 is 0. The molecule has 1 saturated heterocycles. The van der Waals surface area contributed by atoms with Crippen molar-refractivity contribution in [1.29, 1.82) is 5.26 Å². The summed E-state index contributed by atoms with van der Waals surface area (Å²) < 4.78 is 35.3. The van der Waals surface area contributed by atoms with E-state index in [1.54, 1.807) is 23.1 Å². The van der Waals surface area contributed by atoms with E-state index in [4.69, 9.17) is 15.7 Å². The minimum absolute atomic E-state index is 0.0646. The number of likely N-dealkylation sites (tertiary alicyclic amines) is 1. The highest BCUT2D eigenvalue weighted by Gasteiger charge is 2.24. The second-order valence-electron chi connectivity index (χ2n) is 7.96. The highest BCUT2D eigenvalue weighted by Crippen LogP contribution is 2.35. The maximum atomic E-state index is 14.4. The van der Waals surface area contributed by atoms with Crippen LogP contribution in [0.15, 0.2) is 42.6 Å². The lowest BCUT2D eigenvalue weighted by molar-refractivity contribution is -0.133. The van der Waals surface area contributed by atoms with Crippen molar-refractivity contribution >= 4 is 5.91 Å². The van der Waals surface area contributed by atoms with Crippen LogP contribution in [0.3, 0.4) is 0 Å². The maximum absolute atomic E-state index is 14.4. The molecule has 2 aromatic carbocycles. The van der Waals surface area contributed by atoms with Gasteiger partial charge in [-0.2, -0.15) is 10.4 Å². The van der Waals surface area contributed by atoms with Crippen molar-refractivity contribution in [2.75, 3.05) is 20.2 Å². The summed E-state index contributed by atoms with van der Waals surface area (Å²) in [5.41, 5.74) is 7.78. The van der Waals surface area contributed by atoms with Crippen LogP contribution in [0.4, 0.5) is 8.78 Å². The Labute approximate surface area is 190 Å². The van der Waals surface area contributed by atoms with Gasteiger partial charge in [0, 0.05) is 30.3 Å². The van der Waals surface area contributed by atoms with Crippen molar-refractivity contribution in [3.05, 3.63) is 59.8 Å². The third-order valence-electron chi connectivity index (χ3n) is 5.76. The van der Waals surface area contributed by atoms with Gasteiger partial charge in [0.25, 0.3) is 0 Å². The summed E-state index contributed by atoms with van der Waals surface area (Å²) in [6, 6.07) is 10.4. The van der Waals surface area contributed by atoms with Crippen LogP contribution in [0, 0.1) is 23.0 Å². The number of hydrogen-bond acceptors (Lipinski definition) is 5. The van der Waals surface area contributed by atoms with Crippen LogP contribution < -0.4 is 10.5 Å². The molecule has 0 radical (unpaired) electrons. The first-order valence-electron chi connectivity index (χ1n) is 10.5. The van der Waals surface area contributed by atoms with E-state index in [0.29, 0.717) is 35.5 Å². The highest BCUT2D eigenvalue weighted by atomic mass is 19.1. The summed E-state index contributed by atoms with van der Waals surface area (Å²) in [4.78, 5) is 14.7. The molecule has 9 heteroatoms. The van der Waals surface area contributed by atoms with Crippen molar-refractivity contribution < 1.29 is 18.3 Å². The monoisotopic (exact) mass is 451 g/mol. The second kappa shape index (κ2) is 9.38. The number of methoxy groups -OCH3 is 1. The zero-order valence-electron chi connectivity index (χ0n) is 18.1. The zero-order valence-corrected chi connectivity index (χ0v) is 18.1. The lowest BCUT2D eigenvalue weighted by Gasteiger charge is -2.31. The Morgan fingerprint density at radius 3 is 2.67 bits per heavy atom. The largest absolute Gasteiger partial charge is 0.494 e. The molecule has 3 aromatic rings. The molecule has 0 aliphatic carbocycles. The number of carbonyl (C=O) groups excluding carboxylic acids is 1. The van der Waals surface area contributed by atoms with E-state index in [0.717, 1.165) is 12.8 Å². The number of nitrogens with zero attached hydrogens (tertiary/aromatic N) is 4. The average molecular weight is 451 g/mol. The number of amides is 1. The van der Waals surface area contributed by atoms with Crippen molar-refractivity contribution in [2.24, 2.45) is 5.73 Å². The van der Waals surface area contributed by atoms with E-state index in [9.17, 15) is 13.6 Å². The molecule has 0 bridgehead atoms. The Bertz CT molecular complexity index is 1230. The Balaban J connectivity index is 1.77. The second-order valence-corrected chi connectivity index (χ2v) is 7.96. The van der Waals surface area contributed by atoms with Gasteiger partial charge in [0.1, 0.15) is 18.4 Å². The van der Waals surface area contributed by atoms with Gasteiger partial charge in [0.2, 0.25) is 5.91 Å². The molecule has 0 saturated carbocycles. The van der Waals surface area contributed by atoms with Crippen LogP contribution in [-0.2, 0) is 11.3 Å². The predicted molar refractivity (Wildman–Crippen MR) is 118 cm³/mol. The Kier molecular flexibility index (Phi) is 6.38. The quantitative estimate of drug-likeness (QED) is 0.642. The number of rotatable bonds is 5. The molecule has 1 fully saturated rings. The van der Waals surface area contributed by atoms with Crippen molar-refractivity contribution in [2.45, 2.75) is 25.4 Å². The number of benzene rings is 2. The summed E-state index contributed by atoms with van der Waals surface area (Å²) in [5, 5.41) is 13.4. The van der Waals surface area contributed by atoms with Crippen LogP contribution in [-0.4, -0.2) is 46.8 Å². The lowest BCUT2D eigenvalue weighted by Crippen LogP contribution is -2.46. The molecule has 170 valence electrons. The van der Waals surface area contributed by atoms with E-state index in [1.165, 1.54) is 42.3 Å². The molecular weight excluding hydrogens is 428 g/mol. The number of nitriles is 1. The normalized spacial score (nSPS) is 15.8. The van der Waals surface area contributed by atoms with Crippen LogP contribution in [0.5, 0.6) is 5.75 Å². The molecule has 1 amide bonds. The smallest absolute Gasteiger partial charge is 0.244 e. The van der Waals surface area contributed by atoms with Gasteiger partial charge in [-0.25, -0.2) is 8.78 Å². The summed E-state index contributed by atoms with van der Waals surface area (Å²) in [5.74, 6) is -1.31. The van der Waals surface area contributed by atoms with Crippen LogP contribution >= 0.6 is 0 Å². The first kappa shape index (κ1) is 22.4. The van der Waals surface area contributed by atoms with Gasteiger partial charge in [-0.1, -0.05) is 12.1 Å². The molecule has 0 spiro atoms. The molecule has 1 aromatic heterocycles. The fourth-order valence-electron chi connectivity index (χ4n) is 4.07. The van der Waals surface area contributed by atoms with Gasteiger partial charge < -0.3 is 15.4 Å². The Morgan fingerprint density at radius 1 is 1.24 bits per heavy atom. The predicted octanol–water partition coefficient (Wildman–Crippen LogP) is 3.33. The van der Waals surface area contributed by atoms with Crippen LogP contribution in [0.25, 0.3) is 22.4 Å². The molecular formula is C24H23F2N5O2. The topological polar surface area (TPSA) is 97.2 Å². The zero-order chi connectivity index (χ0) is 23.5. The Hall–Kier alpha value is -3.77. The standard InChI is InChI=1S/C24H23F2N5O2/c1-33-22-7-6-15(9-21(22)26)19-12-29-31(14-23(32)30-8-2-3-18(28)13-30)24(19)16-4-5-17(11-27)20(25)10-16/h4-7,9-10,12,18H,2-3,8,13-14,28H2,1H3/t18-/m1/s1. The summed E-state index contributed by atoms with van der Waals surface area (Å²) in [7, 11) is 1.37. The molecule has 7 nitrogen and oxygen atoms in total. The van der Waals surface area contributed by atoms with Crippen molar-refractivity contribution in [3.63, 3.8) is 0 Å². The number of carbonyl (C=O) groups is 1. The van der Waals surface area contributed by atoms with Gasteiger partial charge >= 0.3 is 0 Å². The van der Waals surface area contributed by atoms with Gasteiger partial charge in [-0.15, -0.1) is 0 Å². The number of ether oxygens (including phenoxy) is 1. The van der Waals surface area contributed by atoms with E-state index in [1.807, 2.05) is 0 Å². The molecule has 1 aliphatic rings. The molecule has 33 heavy (non-hydrogen) atoms. The highest BCUT2D eigenvalue weighted by molar-refractivity contribution is 5.83. The number of halogens is 2. The van der Waals surface area contributed by atoms with E-state index in [2.05, 4.69) is 5.10 Å². The fraction of sp³-hybridized carbons (Fsp3) is 0.292. The SMILES string of the molecule is COc1ccc(-c2cnn(CC(=O)N3CCC[C@@H](N)C3)c2-c2ccc(C#N)c(F)c2)cc1F. The number of hydrogen-bond donors (Lipinski definition) is 1.